The first-order valence-electron chi connectivity index (χ1n) is 4.91. The van der Waals surface area contributed by atoms with Crippen molar-refractivity contribution in [2.24, 2.45) is 0 Å². The van der Waals surface area contributed by atoms with E-state index < -0.39 is 6.29 Å². The summed E-state index contributed by atoms with van der Waals surface area (Å²) in [7, 11) is 0. The molecule has 2 rings (SSSR count). The smallest absolute Gasteiger partial charge is 0.254 e. The second-order valence-electron chi connectivity index (χ2n) is 3.48. The number of carbonyl (C=O) groups excluding carboxylic acids is 2. The molecule has 2 amide bonds. The fraction of sp³-hybridized carbons (Fsp3) is 0.778. The maximum Gasteiger partial charge on any atom is 0.254 e. The van der Waals surface area contributed by atoms with E-state index in [0.717, 1.165) is 24.3 Å². The second kappa shape index (κ2) is 4.06. The molecule has 2 heterocycles. The molecule has 0 aliphatic carbocycles. The van der Waals surface area contributed by atoms with Gasteiger partial charge in [-0.25, -0.2) is 4.84 Å². The Kier molecular flexibility index (Phi) is 2.79. The zero-order valence-corrected chi connectivity index (χ0v) is 7.90. The van der Waals surface area contributed by atoms with E-state index in [2.05, 4.69) is 0 Å². The van der Waals surface area contributed by atoms with Crippen LogP contribution in [0.5, 0.6) is 0 Å². The van der Waals surface area contributed by atoms with Crippen molar-refractivity contribution >= 4 is 11.8 Å². The molecule has 14 heavy (non-hydrogen) atoms. The largest absolute Gasteiger partial charge is 0.350 e. The number of amides is 2. The Hall–Kier alpha value is -0.940. The molecule has 2 saturated heterocycles. The van der Waals surface area contributed by atoms with Gasteiger partial charge in [0.25, 0.3) is 11.8 Å². The lowest BCUT2D eigenvalue weighted by atomic mass is 10.2. The van der Waals surface area contributed by atoms with Crippen molar-refractivity contribution < 1.29 is 19.2 Å². The van der Waals surface area contributed by atoms with Crippen LogP contribution in [0.4, 0.5) is 0 Å². The average Bonchev–Trinajstić information content (AvgIpc) is 2.51. The van der Waals surface area contributed by atoms with Crippen molar-refractivity contribution in [1.82, 2.24) is 5.06 Å². The van der Waals surface area contributed by atoms with Gasteiger partial charge in [0.15, 0.2) is 6.29 Å². The summed E-state index contributed by atoms with van der Waals surface area (Å²) in [4.78, 5) is 27.6. The number of imide groups is 1. The van der Waals surface area contributed by atoms with Crippen LogP contribution in [0.1, 0.15) is 32.1 Å². The molecule has 0 bridgehead atoms. The zero-order valence-electron chi connectivity index (χ0n) is 7.90. The zero-order chi connectivity index (χ0) is 9.97. The number of ether oxygens (including phenoxy) is 1. The predicted octanol–water partition coefficient (Wildman–Crippen LogP) is 0.594. The topological polar surface area (TPSA) is 55.8 Å². The Morgan fingerprint density at radius 1 is 1.21 bits per heavy atom. The number of carbonyl (C=O) groups is 2. The van der Waals surface area contributed by atoms with Crippen molar-refractivity contribution in [2.75, 3.05) is 6.61 Å². The normalized spacial score (nSPS) is 28.6. The third kappa shape index (κ3) is 1.93. The summed E-state index contributed by atoms with van der Waals surface area (Å²) >= 11 is 0. The lowest BCUT2D eigenvalue weighted by Crippen LogP contribution is -2.36. The second-order valence-corrected chi connectivity index (χ2v) is 3.48. The SMILES string of the molecule is O=C1CCC(=O)N1O[C@H]1CCCCO1. The van der Waals surface area contributed by atoms with E-state index in [0.29, 0.717) is 6.61 Å². The Balaban J connectivity index is 1.89. The monoisotopic (exact) mass is 199 g/mol. The highest BCUT2D eigenvalue weighted by atomic mass is 16.8. The third-order valence-electron chi connectivity index (χ3n) is 2.37. The summed E-state index contributed by atoms with van der Waals surface area (Å²) in [5, 5.41) is 0.857. The molecule has 0 saturated carbocycles. The number of hydrogen-bond acceptors (Lipinski definition) is 4. The van der Waals surface area contributed by atoms with Crippen molar-refractivity contribution in [3.8, 4) is 0 Å². The standard InChI is InChI=1S/C9H13NO4/c11-7-4-5-8(12)10(7)14-9-3-1-2-6-13-9/h9H,1-6H2/t9-/m0/s1. The van der Waals surface area contributed by atoms with E-state index in [9.17, 15) is 9.59 Å². The molecule has 0 radical (unpaired) electrons. The summed E-state index contributed by atoms with van der Waals surface area (Å²) in [6.45, 7) is 0.640. The van der Waals surface area contributed by atoms with Gasteiger partial charge in [-0.05, 0) is 12.8 Å². The van der Waals surface area contributed by atoms with Crippen LogP contribution in [0, 0.1) is 0 Å². The fourth-order valence-corrected chi connectivity index (χ4v) is 1.59. The van der Waals surface area contributed by atoms with Crippen LogP contribution in [0.25, 0.3) is 0 Å². The van der Waals surface area contributed by atoms with Crippen LogP contribution in [0.3, 0.4) is 0 Å². The van der Waals surface area contributed by atoms with Gasteiger partial charge >= 0.3 is 0 Å². The number of rotatable bonds is 2. The first-order valence-corrected chi connectivity index (χ1v) is 4.91. The molecular formula is C9H13NO4. The number of hydrogen-bond donors (Lipinski definition) is 0. The Morgan fingerprint density at radius 3 is 2.50 bits per heavy atom. The van der Waals surface area contributed by atoms with Crippen LogP contribution in [0.15, 0.2) is 0 Å². The Morgan fingerprint density at radius 2 is 1.93 bits per heavy atom. The van der Waals surface area contributed by atoms with Gasteiger partial charge in [0, 0.05) is 25.9 Å². The number of hydroxylamine groups is 2. The molecule has 0 aromatic heterocycles. The maximum absolute atomic E-state index is 11.2. The van der Waals surface area contributed by atoms with Crippen LogP contribution in [-0.4, -0.2) is 29.8 Å². The molecular weight excluding hydrogens is 186 g/mol. The quantitative estimate of drug-likeness (QED) is 0.611. The van der Waals surface area contributed by atoms with E-state index >= 15 is 0 Å². The van der Waals surface area contributed by atoms with Gasteiger partial charge in [0.05, 0.1) is 0 Å². The summed E-state index contributed by atoms with van der Waals surface area (Å²) in [6.07, 6.45) is 2.87. The van der Waals surface area contributed by atoms with Crippen molar-refractivity contribution in [1.29, 1.82) is 0 Å². The molecule has 78 valence electrons. The van der Waals surface area contributed by atoms with Crippen LogP contribution < -0.4 is 0 Å². The first-order chi connectivity index (χ1) is 6.77. The van der Waals surface area contributed by atoms with Crippen molar-refractivity contribution in [3.63, 3.8) is 0 Å². The lowest BCUT2D eigenvalue weighted by molar-refractivity contribution is -0.267. The lowest BCUT2D eigenvalue weighted by Gasteiger charge is -2.25. The highest BCUT2D eigenvalue weighted by Gasteiger charge is 2.33. The van der Waals surface area contributed by atoms with E-state index in [1.54, 1.807) is 0 Å². The van der Waals surface area contributed by atoms with Gasteiger partial charge in [-0.3, -0.25) is 9.59 Å². The van der Waals surface area contributed by atoms with Gasteiger partial charge in [0.2, 0.25) is 0 Å². The first kappa shape index (κ1) is 9.61. The molecule has 2 aliphatic heterocycles. The molecule has 1 atom stereocenters. The van der Waals surface area contributed by atoms with Gasteiger partial charge in [-0.15, -0.1) is 0 Å². The minimum Gasteiger partial charge on any atom is -0.350 e. The summed E-state index contributed by atoms with van der Waals surface area (Å²) < 4.78 is 5.27. The fourth-order valence-electron chi connectivity index (χ4n) is 1.59. The minimum absolute atomic E-state index is 0.256. The van der Waals surface area contributed by atoms with E-state index in [1.807, 2.05) is 0 Å². The van der Waals surface area contributed by atoms with Gasteiger partial charge in [-0.2, -0.15) is 5.06 Å². The third-order valence-corrected chi connectivity index (χ3v) is 2.37. The molecule has 5 heteroatoms. The highest BCUT2D eigenvalue weighted by molar-refractivity contribution is 6.00. The molecule has 0 aromatic carbocycles. The van der Waals surface area contributed by atoms with Crippen LogP contribution >= 0.6 is 0 Å². The minimum atomic E-state index is -0.422. The molecule has 5 nitrogen and oxygen atoms in total. The molecule has 0 N–H and O–H groups in total. The summed E-state index contributed by atoms with van der Waals surface area (Å²) in [6, 6.07) is 0. The highest BCUT2D eigenvalue weighted by Crippen LogP contribution is 2.19. The van der Waals surface area contributed by atoms with Gasteiger partial charge in [-0.1, -0.05) is 0 Å². The Bertz CT molecular complexity index is 231. The van der Waals surface area contributed by atoms with Crippen LogP contribution in [-0.2, 0) is 19.2 Å². The molecule has 2 aliphatic rings. The summed E-state index contributed by atoms with van der Waals surface area (Å²) in [5.41, 5.74) is 0. The van der Waals surface area contributed by atoms with Crippen LogP contribution in [0.2, 0.25) is 0 Å². The van der Waals surface area contributed by atoms with Crippen molar-refractivity contribution in [2.45, 2.75) is 38.4 Å². The predicted molar refractivity (Wildman–Crippen MR) is 45.8 cm³/mol. The van der Waals surface area contributed by atoms with E-state index in [1.165, 1.54) is 0 Å². The Labute approximate surface area is 81.9 Å². The molecule has 0 unspecified atom stereocenters. The molecule has 2 fully saturated rings. The molecule has 0 aromatic rings. The average molecular weight is 199 g/mol. The number of nitrogens with zero attached hydrogens (tertiary/aromatic N) is 1. The van der Waals surface area contributed by atoms with Crippen molar-refractivity contribution in [3.05, 3.63) is 0 Å². The molecule has 0 spiro atoms. The van der Waals surface area contributed by atoms with Gasteiger partial charge < -0.3 is 4.74 Å². The van der Waals surface area contributed by atoms with E-state index in [-0.39, 0.29) is 24.7 Å². The van der Waals surface area contributed by atoms with Gasteiger partial charge in [0.1, 0.15) is 0 Å². The van der Waals surface area contributed by atoms with E-state index in [4.69, 9.17) is 9.57 Å². The maximum atomic E-state index is 11.2. The summed E-state index contributed by atoms with van der Waals surface area (Å²) in [5.74, 6) is -0.520.